The summed E-state index contributed by atoms with van der Waals surface area (Å²) in [6.45, 7) is 0. The van der Waals surface area contributed by atoms with Crippen molar-refractivity contribution < 1.29 is 27.9 Å². The van der Waals surface area contributed by atoms with E-state index in [1.165, 1.54) is 19.4 Å². The summed E-state index contributed by atoms with van der Waals surface area (Å²) in [5, 5.41) is 10.0. The minimum Gasteiger partial charge on any atom is -0.465 e. The summed E-state index contributed by atoms with van der Waals surface area (Å²) in [6.07, 6.45) is 0.581. The highest BCUT2D eigenvalue weighted by molar-refractivity contribution is 9.10. The molecule has 1 aromatic carbocycles. The number of sulfone groups is 1. The number of nitrogens with zero attached hydrogens (tertiary/aromatic N) is 1. The molecule has 1 aliphatic rings. The topological polar surface area (TPSA) is 103 Å². The quantitative estimate of drug-likeness (QED) is 0.756. The molecule has 0 saturated carbocycles. The van der Waals surface area contributed by atoms with Crippen LogP contribution in [0.3, 0.4) is 0 Å². The summed E-state index contributed by atoms with van der Waals surface area (Å²) in [7, 11) is -1.91. The summed E-state index contributed by atoms with van der Waals surface area (Å²) in [6, 6.07) is 3.18. The predicted molar refractivity (Wildman–Crippen MR) is 90.4 cm³/mol. The monoisotopic (exact) mass is 415 g/mol. The van der Waals surface area contributed by atoms with Gasteiger partial charge in [0.25, 0.3) is 0 Å². The summed E-state index contributed by atoms with van der Waals surface area (Å²) < 4.78 is 29.8. The molecule has 0 spiro atoms. The molecule has 7 nitrogen and oxygen atoms in total. The fourth-order valence-electron chi connectivity index (χ4n) is 3.13. The Morgan fingerprint density at radius 2 is 2.08 bits per heavy atom. The maximum absolute atomic E-state index is 12.0. The van der Waals surface area contributed by atoms with Crippen LogP contribution in [0.15, 0.2) is 22.8 Å². The summed E-state index contributed by atoms with van der Waals surface area (Å²) in [5.74, 6) is -0.897. The van der Waals surface area contributed by atoms with E-state index in [1.54, 1.807) is 6.07 Å². The molecule has 1 fully saturated rings. The third-order valence-electron chi connectivity index (χ3n) is 4.18. The van der Waals surface area contributed by atoms with Crippen molar-refractivity contribution in [1.82, 2.24) is 4.57 Å². The number of fused-ring (bicyclic) bond motifs is 1. The van der Waals surface area contributed by atoms with Gasteiger partial charge in [-0.2, -0.15) is 0 Å². The molecule has 3 rings (SSSR count). The van der Waals surface area contributed by atoms with Crippen molar-refractivity contribution in [3.05, 3.63) is 33.9 Å². The number of aromatic nitrogens is 1. The number of hydrogen-bond acceptors (Lipinski definition) is 5. The third-order valence-corrected chi connectivity index (χ3v) is 6.40. The second-order valence-electron chi connectivity index (χ2n) is 5.68. The maximum atomic E-state index is 12.0. The lowest BCUT2D eigenvalue weighted by Crippen LogP contribution is -2.10. The molecular weight excluding hydrogens is 402 g/mol. The van der Waals surface area contributed by atoms with E-state index in [0.717, 1.165) is 4.57 Å². The maximum Gasteiger partial charge on any atom is 0.416 e. The van der Waals surface area contributed by atoms with Crippen LogP contribution in [0.4, 0.5) is 4.79 Å². The summed E-state index contributed by atoms with van der Waals surface area (Å²) in [5.41, 5.74) is 0.924. The summed E-state index contributed by atoms with van der Waals surface area (Å²) >= 11 is 3.31. The Labute approximate surface area is 146 Å². The first-order chi connectivity index (χ1) is 11.2. The molecule has 0 aliphatic carbocycles. The van der Waals surface area contributed by atoms with Crippen LogP contribution in [-0.4, -0.2) is 48.8 Å². The third kappa shape index (κ3) is 2.82. The highest BCUT2D eigenvalue weighted by Gasteiger charge is 2.32. The van der Waals surface area contributed by atoms with Gasteiger partial charge in [0.15, 0.2) is 9.84 Å². The van der Waals surface area contributed by atoms with E-state index in [-0.39, 0.29) is 28.5 Å². The van der Waals surface area contributed by atoms with Crippen molar-refractivity contribution in [3.63, 3.8) is 0 Å². The van der Waals surface area contributed by atoms with Crippen LogP contribution < -0.4 is 0 Å². The average molecular weight is 416 g/mol. The molecule has 128 valence electrons. The molecule has 9 heteroatoms. The molecule has 2 heterocycles. The molecule has 0 amide bonds. The molecule has 1 aromatic heterocycles. The molecule has 0 bridgehead atoms. The fourth-order valence-corrected chi connectivity index (χ4v) is 5.36. The molecular formula is C15H14BrNO6S. The standard InChI is InChI=1S/C15H14BrNO6S/c1-23-14(18)11-5-9(16)4-10-12(6-17(13(10)11)15(19)20)8-2-3-24(21,22)7-8/h4-6,8H,2-3,7H2,1H3,(H,19,20). The van der Waals surface area contributed by atoms with Gasteiger partial charge in [0.05, 0.1) is 29.7 Å². The number of rotatable bonds is 2. The van der Waals surface area contributed by atoms with E-state index in [1.807, 2.05) is 0 Å². The Hall–Kier alpha value is -1.87. The van der Waals surface area contributed by atoms with E-state index in [0.29, 0.717) is 21.8 Å². The minimum atomic E-state index is -3.12. The Kier molecular flexibility index (Phi) is 4.16. The van der Waals surface area contributed by atoms with Gasteiger partial charge in [-0.05, 0) is 24.1 Å². The van der Waals surface area contributed by atoms with Crippen LogP contribution in [0, 0.1) is 0 Å². The van der Waals surface area contributed by atoms with Crippen LogP contribution in [0.1, 0.15) is 28.3 Å². The van der Waals surface area contributed by atoms with E-state index in [2.05, 4.69) is 15.9 Å². The van der Waals surface area contributed by atoms with Gasteiger partial charge in [-0.15, -0.1) is 0 Å². The van der Waals surface area contributed by atoms with Crippen molar-refractivity contribution in [2.75, 3.05) is 18.6 Å². The van der Waals surface area contributed by atoms with Crippen LogP contribution in [0.5, 0.6) is 0 Å². The zero-order chi connectivity index (χ0) is 17.6. The highest BCUT2D eigenvalue weighted by Crippen LogP contribution is 2.37. The van der Waals surface area contributed by atoms with Crippen molar-refractivity contribution >= 4 is 48.7 Å². The lowest BCUT2D eigenvalue weighted by molar-refractivity contribution is 0.0602. The Morgan fingerprint density at radius 1 is 1.38 bits per heavy atom. The van der Waals surface area contributed by atoms with Crippen molar-refractivity contribution in [3.8, 4) is 0 Å². The van der Waals surface area contributed by atoms with Crippen LogP contribution in [0.25, 0.3) is 10.9 Å². The van der Waals surface area contributed by atoms with Crippen molar-refractivity contribution in [2.45, 2.75) is 12.3 Å². The first-order valence-corrected chi connectivity index (χ1v) is 9.71. The van der Waals surface area contributed by atoms with Crippen molar-refractivity contribution in [2.24, 2.45) is 0 Å². The second kappa shape index (κ2) is 5.89. The number of ether oxygens (including phenoxy) is 1. The van der Waals surface area contributed by atoms with E-state index >= 15 is 0 Å². The lowest BCUT2D eigenvalue weighted by atomic mass is 9.97. The second-order valence-corrected chi connectivity index (χ2v) is 8.82. The Bertz CT molecular complexity index is 962. The molecule has 1 saturated heterocycles. The Morgan fingerprint density at radius 3 is 2.62 bits per heavy atom. The molecule has 1 N–H and O–H groups in total. The molecule has 2 aromatic rings. The molecule has 0 radical (unpaired) electrons. The Balaban J connectivity index is 2.31. The minimum absolute atomic E-state index is 0.0220. The SMILES string of the molecule is COC(=O)c1cc(Br)cc2c(C3CCS(=O)(=O)C3)cn(C(=O)O)c12. The van der Waals surface area contributed by atoms with Crippen LogP contribution in [-0.2, 0) is 14.6 Å². The average Bonchev–Trinajstić information content (AvgIpc) is 3.05. The molecule has 1 atom stereocenters. The molecule has 1 unspecified atom stereocenters. The van der Waals surface area contributed by atoms with Gasteiger partial charge in [-0.3, -0.25) is 4.57 Å². The first kappa shape index (κ1) is 17.0. The van der Waals surface area contributed by atoms with Crippen LogP contribution >= 0.6 is 15.9 Å². The normalized spacial score (nSPS) is 19.5. The molecule has 1 aliphatic heterocycles. The van der Waals surface area contributed by atoms with Gasteiger partial charge in [0.2, 0.25) is 0 Å². The zero-order valence-electron chi connectivity index (χ0n) is 12.7. The number of hydrogen-bond donors (Lipinski definition) is 1. The largest absolute Gasteiger partial charge is 0.465 e. The fraction of sp³-hybridized carbons (Fsp3) is 0.333. The number of carbonyl (C=O) groups is 2. The van der Waals surface area contributed by atoms with Gasteiger partial charge >= 0.3 is 12.1 Å². The molecule has 24 heavy (non-hydrogen) atoms. The van der Waals surface area contributed by atoms with Crippen molar-refractivity contribution in [1.29, 1.82) is 0 Å². The zero-order valence-corrected chi connectivity index (χ0v) is 15.1. The number of carbonyl (C=O) groups excluding carboxylic acids is 1. The number of carboxylic acid groups (broad SMARTS) is 1. The van der Waals surface area contributed by atoms with E-state index in [9.17, 15) is 23.1 Å². The van der Waals surface area contributed by atoms with E-state index in [4.69, 9.17) is 4.74 Å². The highest BCUT2D eigenvalue weighted by atomic mass is 79.9. The first-order valence-electron chi connectivity index (χ1n) is 7.10. The van der Waals surface area contributed by atoms with Gasteiger partial charge in [0, 0.05) is 22.0 Å². The smallest absolute Gasteiger partial charge is 0.416 e. The van der Waals surface area contributed by atoms with Gasteiger partial charge in [-0.25, -0.2) is 18.0 Å². The van der Waals surface area contributed by atoms with Crippen LogP contribution in [0.2, 0.25) is 0 Å². The van der Waals surface area contributed by atoms with Gasteiger partial charge in [0.1, 0.15) is 0 Å². The van der Waals surface area contributed by atoms with E-state index < -0.39 is 21.9 Å². The summed E-state index contributed by atoms with van der Waals surface area (Å²) in [4.78, 5) is 23.6. The lowest BCUT2D eigenvalue weighted by Gasteiger charge is -2.08. The number of halogens is 1. The number of benzene rings is 1. The van der Waals surface area contributed by atoms with Gasteiger partial charge in [-0.1, -0.05) is 15.9 Å². The number of methoxy groups -OCH3 is 1. The number of esters is 1. The van der Waals surface area contributed by atoms with Gasteiger partial charge < -0.3 is 9.84 Å². The predicted octanol–water partition coefficient (Wildman–Crippen LogP) is 2.62.